The van der Waals surface area contributed by atoms with Gasteiger partial charge in [0.25, 0.3) is 0 Å². The number of nitrogens with zero attached hydrogens (tertiary/aromatic N) is 1. The molecule has 20 heavy (non-hydrogen) atoms. The molecule has 1 saturated heterocycles. The molecule has 2 rings (SSSR count). The van der Waals surface area contributed by atoms with E-state index in [-0.39, 0.29) is 27.8 Å². The molecule has 1 atom stereocenters. The first kappa shape index (κ1) is 15.7. The van der Waals surface area contributed by atoms with Crippen LogP contribution in [0, 0.1) is 5.82 Å². The number of sulfonamides is 1. The third kappa shape index (κ3) is 2.98. The molecule has 9 heteroatoms. The first-order valence-electron chi connectivity index (χ1n) is 5.77. The van der Waals surface area contributed by atoms with Gasteiger partial charge >= 0.3 is 0 Å². The molecule has 0 radical (unpaired) electrons. The third-order valence-corrected chi connectivity index (χ3v) is 7.24. The second-order valence-corrected chi connectivity index (χ2v) is 9.29. The van der Waals surface area contributed by atoms with Crippen LogP contribution in [-0.2, 0) is 19.9 Å². The lowest BCUT2D eigenvalue weighted by Gasteiger charge is -2.22. The largest absolute Gasteiger partial charge is 0.243 e. The van der Waals surface area contributed by atoms with Crippen molar-refractivity contribution < 1.29 is 21.2 Å². The minimum Gasteiger partial charge on any atom is -0.229 e. The molecular formula is C11H13ClFNO4S2. The van der Waals surface area contributed by atoms with Gasteiger partial charge in [0.15, 0.2) is 9.84 Å². The highest BCUT2D eigenvalue weighted by atomic mass is 35.5. The van der Waals surface area contributed by atoms with Gasteiger partial charge in [0.2, 0.25) is 10.0 Å². The number of rotatable bonds is 3. The Morgan fingerprint density at radius 2 is 2.05 bits per heavy atom. The van der Waals surface area contributed by atoms with Crippen molar-refractivity contribution >= 4 is 31.5 Å². The Morgan fingerprint density at radius 3 is 2.55 bits per heavy atom. The molecule has 1 aliphatic rings. The van der Waals surface area contributed by atoms with Gasteiger partial charge in [0.05, 0.1) is 21.4 Å². The number of hydrogen-bond donors (Lipinski definition) is 0. The predicted octanol–water partition coefficient (Wildman–Crippen LogP) is 1.29. The van der Waals surface area contributed by atoms with E-state index >= 15 is 0 Å². The fourth-order valence-corrected chi connectivity index (χ4v) is 5.59. The molecule has 1 aromatic rings. The van der Waals surface area contributed by atoms with E-state index in [4.69, 9.17) is 11.6 Å². The van der Waals surface area contributed by atoms with Gasteiger partial charge in [-0.2, -0.15) is 4.31 Å². The summed E-state index contributed by atoms with van der Waals surface area (Å²) in [6.45, 7) is 0. The molecule has 5 nitrogen and oxygen atoms in total. The zero-order valence-corrected chi connectivity index (χ0v) is 13.0. The molecule has 0 aliphatic carbocycles. The molecule has 0 N–H and O–H groups in total. The van der Waals surface area contributed by atoms with Crippen molar-refractivity contribution in [1.82, 2.24) is 4.31 Å². The van der Waals surface area contributed by atoms with E-state index in [2.05, 4.69) is 0 Å². The van der Waals surface area contributed by atoms with E-state index in [1.807, 2.05) is 0 Å². The molecule has 0 amide bonds. The van der Waals surface area contributed by atoms with Gasteiger partial charge in [0, 0.05) is 13.1 Å². The van der Waals surface area contributed by atoms with Gasteiger partial charge in [-0.1, -0.05) is 11.6 Å². The highest BCUT2D eigenvalue weighted by Gasteiger charge is 2.36. The Labute approximate surface area is 122 Å². The number of hydrogen-bond acceptors (Lipinski definition) is 4. The van der Waals surface area contributed by atoms with E-state index in [0.29, 0.717) is 0 Å². The van der Waals surface area contributed by atoms with Crippen molar-refractivity contribution in [3.8, 4) is 0 Å². The molecule has 112 valence electrons. The summed E-state index contributed by atoms with van der Waals surface area (Å²) in [5.74, 6) is -0.934. The minimum absolute atomic E-state index is 0.0261. The van der Waals surface area contributed by atoms with Crippen molar-refractivity contribution in [2.24, 2.45) is 0 Å². The lowest BCUT2D eigenvalue weighted by molar-refractivity contribution is 0.394. The van der Waals surface area contributed by atoms with Gasteiger partial charge in [-0.25, -0.2) is 21.2 Å². The van der Waals surface area contributed by atoms with Gasteiger partial charge in [-0.3, -0.25) is 0 Å². The summed E-state index contributed by atoms with van der Waals surface area (Å²) in [7, 11) is -5.77. The van der Waals surface area contributed by atoms with Gasteiger partial charge < -0.3 is 0 Å². The van der Waals surface area contributed by atoms with Crippen LogP contribution < -0.4 is 0 Å². The van der Waals surface area contributed by atoms with Crippen LogP contribution in [0.25, 0.3) is 0 Å². The van der Waals surface area contributed by atoms with E-state index in [1.54, 1.807) is 0 Å². The second-order valence-electron chi connectivity index (χ2n) is 4.65. The fraction of sp³-hybridized carbons (Fsp3) is 0.455. The predicted molar refractivity (Wildman–Crippen MR) is 73.4 cm³/mol. The molecule has 1 heterocycles. The summed E-state index contributed by atoms with van der Waals surface area (Å²) in [6, 6.07) is 2.49. The van der Waals surface area contributed by atoms with Crippen LogP contribution >= 0.6 is 11.6 Å². The quantitative estimate of drug-likeness (QED) is 0.830. The van der Waals surface area contributed by atoms with Gasteiger partial charge in [-0.05, 0) is 24.6 Å². The van der Waals surface area contributed by atoms with E-state index in [9.17, 15) is 21.2 Å². The molecule has 0 aromatic heterocycles. The average Bonchev–Trinajstić information content (AvgIpc) is 2.72. The summed E-state index contributed by atoms with van der Waals surface area (Å²) in [4.78, 5) is -0.157. The maximum absolute atomic E-state index is 13.1. The van der Waals surface area contributed by atoms with Crippen LogP contribution in [-0.4, -0.2) is 45.7 Å². The van der Waals surface area contributed by atoms with Crippen LogP contribution in [0.5, 0.6) is 0 Å². The standard InChI is InChI=1S/C11H13ClFNO4S2/c1-14(8-4-5-19(15,16)7-8)20(17,18)9-2-3-11(13)10(12)6-9/h2-3,6,8H,4-5,7H2,1H3. The van der Waals surface area contributed by atoms with Crippen LogP contribution in [0.4, 0.5) is 4.39 Å². The summed E-state index contributed by atoms with van der Waals surface area (Å²) >= 11 is 5.58. The Bertz CT molecular complexity index is 733. The van der Waals surface area contributed by atoms with Gasteiger partial charge in [0.1, 0.15) is 5.82 Å². The van der Waals surface area contributed by atoms with Gasteiger partial charge in [-0.15, -0.1) is 0 Å². The van der Waals surface area contributed by atoms with Crippen molar-refractivity contribution in [2.45, 2.75) is 17.4 Å². The van der Waals surface area contributed by atoms with Crippen molar-refractivity contribution in [1.29, 1.82) is 0 Å². The number of halogens is 2. The molecule has 1 aromatic carbocycles. The fourth-order valence-electron chi connectivity index (χ4n) is 2.06. The molecule has 0 spiro atoms. The van der Waals surface area contributed by atoms with E-state index < -0.39 is 31.7 Å². The lowest BCUT2D eigenvalue weighted by atomic mass is 10.3. The molecular weight excluding hydrogens is 329 g/mol. The molecule has 0 bridgehead atoms. The lowest BCUT2D eigenvalue weighted by Crippen LogP contribution is -2.37. The Morgan fingerprint density at radius 1 is 1.40 bits per heavy atom. The van der Waals surface area contributed by atoms with Crippen molar-refractivity contribution in [2.75, 3.05) is 18.6 Å². The van der Waals surface area contributed by atoms with Crippen LogP contribution in [0.1, 0.15) is 6.42 Å². The molecule has 0 saturated carbocycles. The van der Waals surface area contributed by atoms with E-state index in [0.717, 1.165) is 22.5 Å². The smallest absolute Gasteiger partial charge is 0.229 e. The van der Waals surface area contributed by atoms with Crippen LogP contribution in [0.3, 0.4) is 0 Å². The highest BCUT2D eigenvalue weighted by molar-refractivity contribution is 7.92. The monoisotopic (exact) mass is 341 g/mol. The molecule has 1 fully saturated rings. The summed E-state index contributed by atoms with van der Waals surface area (Å²) in [6.07, 6.45) is 0.257. The average molecular weight is 342 g/mol. The summed E-state index contributed by atoms with van der Waals surface area (Å²) in [5, 5.41) is -0.293. The normalized spacial score (nSPS) is 22.3. The number of benzene rings is 1. The Hall–Kier alpha value is -0.700. The highest BCUT2D eigenvalue weighted by Crippen LogP contribution is 2.26. The van der Waals surface area contributed by atoms with Crippen molar-refractivity contribution in [3.05, 3.63) is 29.0 Å². The first-order chi connectivity index (χ1) is 9.13. The van der Waals surface area contributed by atoms with Crippen molar-refractivity contribution in [3.63, 3.8) is 0 Å². The SMILES string of the molecule is CN(C1CCS(=O)(=O)C1)S(=O)(=O)c1ccc(F)c(Cl)c1. The summed E-state index contributed by atoms with van der Waals surface area (Å²) < 4.78 is 61.6. The Kier molecular flexibility index (Phi) is 4.12. The maximum Gasteiger partial charge on any atom is 0.243 e. The summed E-state index contributed by atoms with van der Waals surface area (Å²) in [5.41, 5.74) is 0. The van der Waals surface area contributed by atoms with Crippen LogP contribution in [0.15, 0.2) is 23.1 Å². The van der Waals surface area contributed by atoms with E-state index in [1.165, 1.54) is 7.05 Å². The molecule has 1 unspecified atom stereocenters. The maximum atomic E-state index is 13.1. The minimum atomic E-state index is -3.89. The molecule has 1 aliphatic heterocycles. The second kappa shape index (κ2) is 5.25. The zero-order valence-electron chi connectivity index (χ0n) is 10.6. The third-order valence-electron chi connectivity index (χ3n) is 3.29. The number of sulfone groups is 1. The Balaban J connectivity index is 2.32. The van der Waals surface area contributed by atoms with Crippen LogP contribution in [0.2, 0.25) is 5.02 Å². The first-order valence-corrected chi connectivity index (χ1v) is 9.41. The topological polar surface area (TPSA) is 71.5 Å². The zero-order chi connectivity index (χ0) is 15.1.